The monoisotopic (exact) mass is 335 g/mol. The summed E-state index contributed by atoms with van der Waals surface area (Å²) in [6, 6.07) is 11.8. The lowest BCUT2D eigenvalue weighted by molar-refractivity contribution is 0.542. The largest absolute Gasteiger partial charge is 0.306 e. The number of benzene rings is 2. The molecule has 0 aliphatic carbocycles. The molecular weight excluding hydrogens is 317 g/mol. The quantitative estimate of drug-likeness (QED) is 0.823. The van der Waals surface area contributed by atoms with Crippen LogP contribution < -0.4 is 5.32 Å². The number of hydrogen-bond acceptors (Lipinski definition) is 1. The van der Waals surface area contributed by atoms with E-state index in [2.05, 4.69) is 60.2 Å². The van der Waals surface area contributed by atoms with Crippen LogP contribution in [0, 0.1) is 19.7 Å². The summed E-state index contributed by atoms with van der Waals surface area (Å²) in [5.41, 5.74) is 4.47. The van der Waals surface area contributed by atoms with Crippen LogP contribution in [0.15, 0.2) is 40.9 Å². The summed E-state index contributed by atoms with van der Waals surface area (Å²) in [6.07, 6.45) is 0. The number of nitrogens with one attached hydrogen (secondary N) is 1. The van der Waals surface area contributed by atoms with Gasteiger partial charge in [0.25, 0.3) is 0 Å². The van der Waals surface area contributed by atoms with Gasteiger partial charge < -0.3 is 5.32 Å². The number of halogens is 2. The summed E-state index contributed by atoms with van der Waals surface area (Å²) < 4.78 is 14.5. The van der Waals surface area contributed by atoms with Crippen molar-refractivity contribution in [2.45, 2.75) is 33.4 Å². The maximum Gasteiger partial charge on any atom is 0.128 e. The van der Waals surface area contributed by atoms with E-state index in [9.17, 15) is 4.39 Å². The predicted octanol–water partition coefficient (Wildman–Crippen LogP) is 5.06. The molecule has 0 aliphatic rings. The standard InChI is InChI=1S/C17H19BrFN/c1-11-4-7-16(12(2)8-11)13(3)20-10-14-5-6-15(18)9-17(14)19/h4-9,13,20H,10H2,1-3H3. The minimum absolute atomic E-state index is 0.181. The molecule has 2 aromatic carbocycles. The molecule has 3 heteroatoms. The first-order valence-corrected chi connectivity index (χ1v) is 7.51. The van der Waals surface area contributed by atoms with Gasteiger partial charge in [-0.3, -0.25) is 0 Å². The molecule has 0 spiro atoms. The molecule has 0 amide bonds. The van der Waals surface area contributed by atoms with Crippen molar-refractivity contribution >= 4 is 15.9 Å². The normalized spacial score (nSPS) is 12.4. The average Bonchev–Trinajstić information content (AvgIpc) is 2.37. The second-order valence-corrected chi connectivity index (χ2v) is 6.11. The van der Waals surface area contributed by atoms with Crippen molar-refractivity contribution in [3.63, 3.8) is 0 Å². The van der Waals surface area contributed by atoms with Gasteiger partial charge in [-0.1, -0.05) is 45.8 Å². The highest BCUT2D eigenvalue weighted by molar-refractivity contribution is 9.10. The lowest BCUT2D eigenvalue weighted by Gasteiger charge is -2.17. The second-order valence-electron chi connectivity index (χ2n) is 5.20. The van der Waals surface area contributed by atoms with E-state index < -0.39 is 0 Å². The lowest BCUT2D eigenvalue weighted by atomic mass is 10.00. The first-order chi connectivity index (χ1) is 9.47. The van der Waals surface area contributed by atoms with Crippen molar-refractivity contribution in [2.75, 3.05) is 0 Å². The van der Waals surface area contributed by atoms with Gasteiger partial charge in [0.2, 0.25) is 0 Å². The van der Waals surface area contributed by atoms with Crippen LogP contribution in [-0.2, 0) is 6.54 Å². The highest BCUT2D eigenvalue weighted by atomic mass is 79.9. The molecule has 0 saturated heterocycles. The van der Waals surface area contributed by atoms with Crippen LogP contribution in [0.5, 0.6) is 0 Å². The van der Waals surface area contributed by atoms with E-state index in [1.165, 1.54) is 22.8 Å². The van der Waals surface area contributed by atoms with E-state index >= 15 is 0 Å². The van der Waals surface area contributed by atoms with Gasteiger partial charge in [0.1, 0.15) is 5.82 Å². The molecule has 106 valence electrons. The Hall–Kier alpha value is -1.19. The summed E-state index contributed by atoms with van der Waals surface area (Å²) in [5.74, 6) is -0.181. The third kappa shape index (κ3) is 3.68. The second kappa shape index (κ2) is 6.51. The summed E-state index contributed by atoms with van der Waals surface area (Å²) in [7, 11) is 0. The van der Waals surface area contributed by atoms with Crippen molar-refractivity contribution in [3.8, 4) is 0 Å². The Morgan fingerprint density at radius 3 is 2.55 bits per heavy atom. The van der Waals surface area contributed by atoms with Crippen molar-refractivity contribution in [2.24, 2.45) is 0 Å². The van der Waals surface area contributed by atoms with Gasteiger partial charge in [0.05, 0.1) is 0 Å². The van der Waals surface area contributed by atoms with Gasteiger partial charge in [0, 0.05) is 22.6 Å². The maximum absolute atomic E-state index is 13.8. The zero-order chi connectivity index (χ0) is 14.7. The number of aryl methyl sites for hydroxylation is 2. The van der Waals surface area contributed by atoms with Crippen LogP contribution in [0.1, 0.15) is 35.2 Å². The van der Waals surface area contributed by atoms with Crippen LogP contribution in [0.4, 0.5) is 4.39 Å². The third-order valence-electron chi connectivity index (χ3n) is 3.51. The molecule has 0 heterocycles. The van der Waals surface area contributed by atoms with Crippen molar-refractivity contribution < 1.29 is 4.39 Å². The summed E-state index contributed by atoms with van der Waals surface area (Å²) in [5, 5.41) is 3.38. The molecule has 2 rings (SSSR count). The van der Waals surface area contributed by atoms with Gasteiger partial charge in [-0.15, -0.1) is 0 Å². The van der Waals surface area contributed by atoms with Crippen LogP contribution in [0.2, 0.25) is 0 Å². The molecule has 1 atom stereocenters. The molecule has 0 aromatic heterocycles. The van der Waals surface area contributed by atoms with Crippen molar-refractivity contribution in [3.05, 3.63) is 68.9 Å². The SMILES string of the molecule is Cc1ccc(C(C)NCc2ccc(Br)cc2F)c(C)c1. The molecule has 1 unspecified atom stereocenters. The summed E-state index contributed by atoms with van der Waals surface area (Å²) in [6.45, 7) is 6.83. The van der Waals surface area contributed by atoms with Gasteiger partial charge in [-0.05, 0) is 44.0 Å². The summed E-state index contributed by atoms with van der Waals surface area (Å²) >= 11 is 3.27. The summed E-state index contributed by atoms with van der Waals surface area (Å²) in [4.78, 5) is 0. The smallest absolute Gasteiger partial charge is 0.128 e. The van der Waals surface area contributed by atoms with E-state index in [1.807, 2.05) is 6.07 Å². The van der Waals surface area contributed by atoms with E-state index in [0.29, 0.717) is 12.1 Å². The molecular formula is C17H19BrFN. The Labute approximate surface area is 128 Å². The maximum atomic E-state index is 13.8. The Bertz CT molecular complexity index is 610. The first-order valence-electron chi connectivity index (χ1n) is 6.72. The molecule has 2 aromatic rings. The van der Waals surface area contributed by atoms with Crippen LogP contribution >= 0.6 is 15.9 Å². The van der Waals surface area contributed by atoms with Gasteiger partial charge in [-0.25, -0.2) is 4.39 Å². The Morgan fingerprint density at radius 1 is 1.15 bits per heavy atom. The van der Waals surface area contributed by atoms with Gasteiger partial charge in [0.15, 0.2) is 0 Å². The minimum Gasteiger partial charge on any atom is -0.306 e. The fraction of sp³-hybridized carbons (Fsp3) is 0.294. The van der Waals surface area contributed by atoms with Crippen LogP contribution in [0.25, 0.3) is 0 Å². The van der Waals surface area contributed by atoms with Crippen LogP contribution in [0.3, 0.4) is 0 Å². The average molecular weight is 336 g/mol. The molecule has 1 N–H and O–H groups in total. The van der Waals surface area contributed by atoms with E-state index in [1.54, 1.807) is 6.07 Å². The van der Waals surface area contributed by atoms with E-state index in [-0.39, 0.29) is 11.9 Å². The highest BCUT2D eigenvalue weighted by Gasteiger charge is 2.09. The topological polar surface area (TPSA) is 12.0 Å². The van der Waals surface area contributed by atoms with Gasteiger partial charge >= 0.3 is 0 Å². The van der Waals surface area contributed by atoms with Gasteiger partial charge in [-0.2, -0.15) is 0 Å². The lowest BCUT2D eigenvalue weighted by Crippen LogP contribution is -2.19. The zero-order valence-electron chi connectivity index (χ0n) is 12.0. The van der Waals surface area contributed by atoms with E-state index in [4.69, 9.17) is 0 Å². The molecule has 0 radical (unpaired) electrons. The number of hydrogen-bond donors (Lipinski definition) is 1. The molecule has 1 nitrogen and oxygen atoms in total. The predicted molar refractivity (Wildman–Crippen MR) is 85.3 cm³/mol. The molecule has 0 fully saturated rings. The Morgan fingerprint density at radius 2 is 1.90 bits per heavy atom. The van der Waals surface area contributed by atoms with Crippen LogP contribution in [-0.4, -0.2) is 0 Å². The zero-order valence-corrected chi connectivity index (χ0v) is 13.6. The molecule has 0 aliphatic heterocycles. The fourth-order valence-corrected chi connectivity index (χ4v) is 2.68. The third-order valence-corrected chi connectivity index (χ3v) is 4.00. The highest BCUT2D eigenvalue weighted by Crippen LogP contribution is 2.20. The van der Waals surface area contributed by atoms with Crippen molar-refractivity contribution in [1.29, 1.82) is 0 Å². The van der Waals surface area contributed by atoms with Crippen molar-refractivity contribution in [1.82, 2.24) is 5.32 Å². The Balaban J connectivity index is 2.06. The first kappa shape index (κ1) is 15.2. The number of rotatable bonds is 4. The minimum atomic E-state index is -0.181. The Kier molecular flexibility index (Phi) is 4.95. The fourth-order valence-electron chi connectivity index (χ4n) is 2.35. The molecule has 20 heavy (non-hydrogen) atoms. The van der Waals surface area contributed by atoms with E-state index in [0.717, 1.165) is 4.47 Å². The molecule has 0 bridgehead atoms. The molecule has 0 saturated carbocycles.